The number of rotatable bonds is 10. The number of ether oxygens (including phenoxy) is 2. The molecule has 0 aliphatic carbocycles. The Morgan fingerprint density at radius 2 is 1.49 bits per heavy atom. The fourth-order valence-corrected chi connectivity index (χ4v) is 5.41. The maximum Gasteiger partial charge on any atom is 0.240 e. The van der Waals surface area contributed by atoms with Gasteiger partial charge in [-0.1, -0.05) is 42.5 Å². The maximum absolute atomic E-state index is 12.7. The average molecular weight is 517 g/mol. The Hall–Kier alpha value is -2.58. The van der Waals surface area contributed by atoms with E-state index in [-0.39, 0.29) is 12.4 Å². The lowest BCUT2D eigenvalue weighted by Gasteiger charge is -2.29. The van der Waals surface area contributed by atoms with Crippen LogP contribution in [-0.4, -0.2) is 47.2 Å². The molecule has 0 fully saturated rings. The predicted molar refractivity (Wildman–Crippen MR) is 142 cm³/mol. The average Bonchev–Trinajstić information content (AvgIpc) is 2.88. The molecule has 0 amide bonds. The lowest BCUT2D eigenvalue weighted by Crippen LogP contribution is -2.32. The molecule has 188 valence electrons. The summed E-state index contributed by atoms with van der Waals surface area (Å²) in [6.45, 7) is 3.22. The number of hydrogen-bond acceptors (Lipinski definition) is 5. The minimum atomic E-state index is -3.51. The number of benzene rings is 3. The Kier molecular flexibility index (Phi) is 9.57. The van der Waals surface area contributed by atoms with E-state index in [0.29, 0.717) is 11.4 Å². The first-order chi connectivity index (χ1) is 16.5. The second-order valence-electron chi connectivity index (χ2n) is 8.50. The van der Waals surface area contributed by atoms with Crippen molar-refractivity contribution in [3.8, 4) is 22.6 Å². The van der Waals surface area contributed by atoms with Gasteiger partial charge in [0.15, 0.2) is 11.5 Å². The van der Waals surface area contributed by atoms with E-state index in [0.717, 1.165) is 61.5 Å². The van der Waals surface area contributed by atoms with E-state index in [1.165, 1.54) is 11.1 Å². The Morgan fingerprint density at radius 3 is 2.14 bits per heavy atom. The molecular formula is C27H33ClN2O4S. The highest BCUT2D eigenvalue weighted by molar-refractivity contribution is 7.89. The molecule has 0 bridgehead atoms. The second kappa shape index (κ2) is 12.4. The van der Waals surface area contributed by atoms with Crippen LogP contribution in [0, 0.1) is 0 Å². The van der Waals surface area contributed by atoms with E-state index in [9.17, 15) is 8.42 Å². The monoisotopic (exact) mass is 516 g/mol. The first-order valence-electron chi connectivity index (χ1n) is 11.6. The molecule has 1 aliphatic rings. The van der Waals surface area contributed by atoms with E-state index in [2.05, 4.69) is 21.8 Å². The molecule has 0 saturated heterocycles. The molecule has 0 unspecified atom stereocenters. The van der Waals surface area contributed by atoms with Gasteiger partial charge in [-0.05, 0) is 72.3 Å². The van der Waals surface area contributed by atoms with Crippen LogP contribution in [0.2, 0.25) is 0 Å². The second-order valence-corrected chi connectivity index (χ2v) is 10.3. The Balaban J connectivity index is 0.00000342. The first-order valence-corrected chi connectivity index (χ1v) is 13.1. The summed E-state index contributed by atoms with van der Waals surface area (Å²) in [5, 5.41) is 0. The van der Waals surface area contributed by atoms with Crippen molar-refractivity contribution in [3.63, 3.8) is 0 Å². The SMILES string of the molecule is COc1cc2c(cc1OC)CN(CCCCNS(=O)(=O)c1ccc(-c3ccccc3)cc1)CC2.Cl. The van der Waals surface area contributed by atoms with Gasteiger partial charge in [0.1, 0.15) is 0 Å². The topological polar surface area (TPSA) is 67.9 Å². The number of halogens is 1. The number of nitrogens with one attached hydrogen (secondary N) is 1. The lowest BCUT2D eigenvalue weighted by atomic mass is 9.98. The molecule has 3 aromatic rings. The summed E-state index contributed by atoms with van der Waals surface area (Å²) in [6, 6.07) is 21.1. The molecule has 6 nitrogen and oxygen atoms in total. The zero-order valence-electron chi connectivity index (χ0n) is 20.2. The molecule has 0 saturated carbocycles. The quantitative estimate of drug-likeness (QED) is 0.388. The fraction of sp³-hybridized carbons (Fsp3) is 0.333. The van der Waals surface area contributed by atoms with E-state index in [1.54, 1.807) is 26.4 Å². The molecule has 35 heavy (non-hydrogen) atoms. The van der Waals surface area contributed by atoms with Crippen LogP contribution in [0.25, 0.3) is 11.1 Å². The standard InChI is InChI=1S/C27H32N2O4S.ClH/c1-32-26-18-23-14-17-29(20-24(23)19-27(26)33-2)16-7-6-15-28-34(30,31)25-12-10-22(11-13-25)21-8-4-3-5-9-21;/h3-5,8-13,18-19,28H,6-7,14-17,20H2,1-2H3;1H. The normalized spacial score (nSPS) is 13.5. The Morgan fingerprint density at radius 1 is 0.857 bits per heavy atom. The third-order valence-corrected chi connectivity index (χ3v) is 7.74. The number of hydrogen-bond donors (Lipinski definition) is 1. The molecule has 0 aromatic heterocycles. The van der Waals surface area contributed by atoms with Crippen LogP contribution >= 0.6 is 12.4 Å². The van der Waals surface area contributed by atoms with E-state index in [1.807, 2.05) is 42.5 Å². The van der Waals surface area contributed by atoms with Crippen LogP contribution in [0.4, 0.5) is 0 Å². The van der Waals surface area contributed by atoms with E-state index >= 15 is 0 Å². The van der Waals surface area contributed by atoms with Crippen molar-refractivity contribution in [2.45, 2.75) is 30.7 Å². The Bertz CT molecular complexity index is 1200. The van der Waals surface area contributed by atoms with Gasteiger partial charge in [0, 0.05) is 19.6 Å². The van der Waals surface area contributed by atoms with Gasteiger partial charge in [-0.15, -0.1) is 12.4 Å². The summed E-state index contributed by atoms with van der Waals surface area (Å²) < 4.78 is 38.9. The molecule has 3 aromatic carbocycles. The van der Waals surface area contributed by atoms with Gasteiger partial charge >= 0.3 is 0 Å². The van der Waals surface area contributed by atoms with Crippen molar-refractivity contribution < 1.29 is 17.9 Å². The third kappa shape index (κ3) is 6.76. The van der Waals surface area contributed by atoms with Crippen LogP contribution < -0.4 is 14.2 Å². The summed E-state index contributed by atoms with van der Waals surface area (Å²) in [6.07, 6.45) is 2.69. The summed E-state index contributed by atoms with van der Waals surface area (Å²) in [5.41, 5.74) is 4.64. The molecular weight excluding hydrogens is 484 g/mol. The smallest absolute Gasteiger partial charge is 0.240 e. The van der Waals surface area contributed by atoms with Crippen LogP contribution in [0.1, 0.15) is 24.0 Å². The van der Waals surface area contributed by atoms with E-state index < -0.39 is 10.0 Å². The molecule has 8 heteroatoms. The number of methoxy groups -OCH3 is 2. The minimum absolute atomic E-state index is 0. The van der Waals surface area contributed by atoms with Crippen LogP contribution in [0.5, 0.6) is 11.5 Å². The molecule has 0 spiro atoms. The number of sulfonamides is 1. The molecule has 0 atom stereocenters. The number of unbranched alkanes of at least 4 members (excludes halogenated alkanes) is 1. The van der Waals surface area contributed by atoms with Crippen molar-refractivity contribution in [1.29, 1.82) is 0 Å². The lowest BCUT2D eigenvalue weighted by molar-refractivity contribution is 0.248. The van der Waals surface area contributed by atoms with Crippen molar-refractivity contribution in [2.75, 3.05) is 33.9 Å². The molecule has 1 aliphatic heterocycles. The minimum Gasteiger partial charge on any atom is -0.493 e. The molecule has 4 rings (SSSR count). The Labute approximate surface area is 214 Å². The summed E-state index contributed by atoms with van der Waals surface area (Å²) in [4.78, 5) is 2.70. The summed E-state index contributed by atoms with van der Waals surface area (Å²) in [7, 11) is -0.192. The van der Waals surface area contributed by atoms with Crippen molar-refractivity contribution >= 4 is 22.4 Å². The van der Waals surface area contributed by atoms with Gasteiger partial charge in [-0.25, -0.2) is 13.1 Å². The largest absolute Gasteiger partial charge is 0.493 e. The molecule has 1 N–H and O–H groups in total. The number of fused-ring (bicyclic) bond motifs is 1. The van der Waals surface area contributed by atoms with Gasteiger partial charge in [0.2, 0.25) is 10.0 Å². The van der Waals surface area contributed by atoms with Crippen molar-refractivity contribution in [1.82, 2.24) is 9.62 Å². The van der Waals surface area contributed by atoms with Crippen LogP contribution in [0.15, 0.2) is 71.6 Å². The van der Waals surface area contributed by atoms with Gasteiger partial charge in [-0.3, -0.25) is 4.90 Å². The number of nitrogens with zero attached hydrogens (tertiary/aromatic N) is 1. The zero-order valence-corrected chi connectivity index (χ0v) is 21.8. The molecule has 1 heterocycles. The summed E-state index contributed by atoms with van der Waals surface area (Å²) in [5.74, 6) is 1.53. The molecule has 0 radical (unpaired) electrons. The fourth-order valence-electron chi connectivity index (χ4n) is 4.34. The summed E-state index contributed by atoms with van der Waals surface area (Å²) >= 11 is 0. The van der Waals surface area contributed by atoms with Crippen LogP contribution in [0.3, 0.4) is 0 Å². The van der Waals surface area contributed by atoms with Gasteiger partial charge in [0.05, 0.1) is 19.1 Å². The predicted octanol–water partition coefficient (Wildman–Crippen LogP) is 4.91. The highest BCUT2D eigenvalue weighted by Crippen LogP contribution is 2.33. The van der Waals surface area contributed by atoms with Gasteiger partial charge in [0.25, 0.3) is 0 Å². The highest BCUT2D eigenvalue weighted by atomic mass is 35.5. The first kappa shape index (κ1) is 27.0. The van der Waals surface area contributed by atoms with Crippen molar-refractivity contribution in [3.05, 3.63) is 77.9 Å². The van der Waals surface area contributed by atoms with Gasteiger partial charge in [-0.2, -0.15) is 0 Å². The third-order valence-electron chi connectivity index (χ3n) is 6.26. The maximum atomic E-state index is 12.7. The van der Waals surface area contributed by atoms with Crippen LogP contribution in [-0.2, 0) is 23.0 Å². The van der Waals surface area contributed by atoms with E-state index in [4.69, 9.17) is 9.47 Å². The van der Waals surface area contributed by atoms with Gasteiger partial charge < -0.3 is 9.47 Å². The highest BCUT2D eigenvalue weighted by Gasteiger charge is 2.19. The van der Waals surface area contributed by atoms with Crippen molar-refractivity contribution in [2.24, 2.45) is 0 Å². The zero-order chi connectivity index (χ0) is 24.0.